The summed E-state index contributed by atoms with van der Waals surface area (Å²) in [7, 11) is 0. The molecule has 9 heteroatoms. The molecule has 0 bridgehead atoms. The van der Waals surface area contributed by atoms with Crippen molar-refractivity contribution < 1.29 is 19.1 Å². The molecule has 1 heterocycles. The van der Waals surface area contributed by atoms with Crippen molar-refractivity contribution in [1.29, 1.82) is 0 Å². The Bertz CT molecular complexity index is 703. The number of carbonyl (C=O) groups excluding carboxylic acids is 3. The van der Waals surface area contributed by atoms with Gasteiger partial charge in [0.25, 0.3) is 5.91 Å². The summed E-state index contributed by atoms with van der Waals surface area (Å²) >= 11 is 6.56. The third-order valence-electron chi connectivity index (χ3n) is 3.83. The molecule has 0 aromatic heterocycles. The van der Waals surface area contributed by atoms with Gasteiger partial charge in [0.1, 0.15) is 4.32 Å². The van der Waals surface area contributed by atoms with E-state index >= 15 is 0 Å². The lowest BCUT2D eigenvalue weighted by Gasteiger charge is -2.18. The van der Waals surface area contributed by atoms with Gasteiger partial charge in [0.15, 0.2) is 6.10 Å². The molecular formula is C18H23N3O4S2. The molecule has 1 aromatic rings. The van der Waals surface area contributed by atoms with Crippen molar-refractivity contribution in [3.63, 3.8) is 0 Å². The lowest BCUT2D eigenvalue weighted by Crippen LogP contribution is -2.31. The van der Waals surface area contributed by atoms with Gasteiger partial charge in [0.05, 0.1) is 5.75 Å². The van der Waals surface area contributed by atoms with Gasteiger partial charge in [-0.25, -0.2) is 0 Å². The van der Waals surface area contributed by atoms with Gasteiger partial charge in [0, 0.05) is 31.4 Å². The normalized spacial score (nSPS) is 14.4. The monoisotopic (exact) mass is 409 g/mol. The van der Waals surface area contributed by atoms with Gasteiger partial charge in [-0.3, -0.25) is 14.4 Å². The minimum absolute atomic E-state index is 0.0817. The smallest absolute Gasteiger partial charge is 0.317 e. The van der Waals surface area contributed by atoms with Crippen LogP contribution in [0.2, 0.25) is 0 Å². The van der Waals surface area contributed by atoms with E-state index in [0.717, 1.165) is 25.9 Å². The molecule has 1 fully saturated rings. The molecule has 0 unspecified atom stereocenters. The Hall–Kier alpha value is -2.13. The molecule has 0 spiro atoms. The number of nitrogens with one attached hydrogen (secondary N) is 2. The fourth-order valence-corrected chi connectivity index (χ4v) is 3.51. The minimum atomic E-state index is -0.923. The zero-order valence-electron chi connectivity index (χ0n) is 15.3. The third kappa shape index (κ3) is 7.18. The zero-order valence-corrected chi connectivity index (χ0v) is 17.0. The maximum atomic E-state index is 12.2. The Kier molecular flexibility index (Phi) is 8.05. The third-order valence-corrected chi connectivity index (χ3v) is 5.32. The van der Waals surface area contributed by atoms with Gasteiger partial charge in [-0.1, -0.05) is 24.0 Å². The first-order valence-electron chi connectivity index (χ1n) is 8.65. The second-order valence-corrected chi connectivity index (χ2v) is 7.74. The van der Waals surface area contributed by atoms with E-state index < -0.39 is 18.0 Å². The molecule has 2 N–H and O–H groups in total. The van der Waals surface area contributed by atoms with Crippen molar-refractivity contribution in [2.45, 2.75) is 32.8 Å². The Morgan fingerprint density at radius 1 is 1.15 bits per heavy atom. The van der Waals surface area contributed by atoms with E-state index in [-0.39, 0.29) is 11.7 Å². The van der Waals surface area contributed by atoms with Crippen LogP contribution in [-0.2, 0) is 19.1 Å². The van der Waals surface area contributed by atoms with Gasteiger partial charge in [-0.05, 0) is 44.0 Å². The molecule has 1 aliphatic heterocycles. The molecule has 0 aliphatic carbocycles. The summed E-state index contributed by atoms with van der Waals surface area (Å²) in [6.45, 7) is 4.80. The summed E-state index contributed by atoms with van der Waals surface area (Å²) in [4.78, 5) is 37.2. The van der Waals surface area contributed by atoms with Gasteiger partial charge in [-0.2, -0.15) is 0 Å². The average Bonchev–Trinajstić information content (AvgIpc) is 3.15. The van der Waals surface area contributed by atoms with Crippen LogP contribution in [0.25, 0.3) is 0 Å². The number of anilines is 2. The Labute approximate surface area is 168 Å². The summed E-state index contributed by atoms with van der Waals surface area (Å²) in [6.07, 6.45) is 1.32. The number of amides is 2. The highest BCUT2D eigenvalue weighted by atomic mass is 32.2. The van der Waals surface area contributed by atoms with Crippen molar-refractivity contribution in [2.75, 3.05) is 29.5 Å². The number of carbonyl (C=O) groups is 3. The standard InChI is InChI=1S/C18H23N3O4S2/c1-12(25-16(23)11-27-18(26)21-9-3-4-10-21)17(24)20-15-7-5-14(6-8-15)19-13(2)22/h5-8,12H,3-4,9-11H2,1-2H3,(H,19,22)(H,20,24)/t12-/m1/s1. The van der Waals surface area contributed by atoms with Crippen molar-refractivity contribution in [2.24, 2.45) is 0 Å². The number of likely N-dealkylation sites (tertiary alicyclic amines) is 1. The van der Waals surface area contributed by atoms with Crippen molar-refractivity contribution >= 4 is 57.5 Å². The van der Waals surface area contributed by atoms with Crippen LogP contribution in [0, 0.1) is 0 Å². The summed E-state index contributed by atoms with van der Waals surface area (Å²) in [5.41, 5.74) is 1.17. The van der Waals surface area contributed by atoms with Crippen molar-refractivity contribution in [3.05, 3.63) is 24.3 Å². The average molecular weight is 410 g/mol. The van der Waals surface area contributed by atoms with Crippen molar-refractivity contribution in [3.8, 4) is 0 Å². The molecule has 146 valence electrons. The largest absolute Gasteiger partial charge is 0.452 e. The van der Waals surface area contributed by atoms with E-state index in [2.05, 4.69) is 15.5 Å². The number of hydrogen-bond donors (Lipinski definition) is 2. The van der Waals surface area contributed by atoms with Crippen LogP contribution in [-0.4, -0.2) is 52.0 Å². The second kappa shape index (κ2) is 10.3. The van der Waals surface area contributed by atoms with Crippen LogP contribution in [0.5, 0.6) is 0 Å². The predicted molar refractivity (Wildman–Crippen MR) is 111 cm³/mol. The maximum absolute atomic E-state index is 12.2. The maximum Gasteiger partial charge on any atom is 0.317 e. The molecule has 0 radical (unpaired) electrons. The van der Waals surface area contributed by atoms with Crippen LogP contribution in [0.15, 0.2) is 24.3 Å². The van der Waals surface area contributed by atoms with Crippen LogP contribution < -0.4 is 10.6 Å². The molecule has 1 aromatic carbocycles. The first kappa shape index (κ1) is 21.2. The van der Waals surface area contributed by atoms with E-state index in [1.54, 1.807) is 24.3 Å². The summed E-state index contributed by atoms with van der Waals surface area (Å²) < 4.78 is 5.86. The molecule has 1 saturated heterocycles. The van der Waals surface area contributed by atoms with Crippen molar-refractivity contribution in [1.82, 2.24) is 4.90 Å². The number of ether oxygens (including phenoxy) is 1. The molecule has 1 aliphatic rings. The Morgan fingerprint density at radius 3 is 2.26 bits per heavy atom. The van der Waals surface area contributed by atoms with Gasteiger partial charge >= 0.3 is 5.97 Å². The Balaban J connectivity index is 1.74. The molecule has 0 saturated carbocycles. The number of nitrogens with zero attached hydrogens (tertiary/aromatic N) is 1. The van der Waals surface area contributed by atoms with E-state index in [1.165, 1.54) is 25.6 Å². The second-order valence-electron chi connectivity index (χ2n) is 6.13. The first-order valence-corrected chi connectivity index (χ1v) is 10.0. The summed E-state index contributed by atoms with van der Waals surface area (Å²) in [5.74, 6) is -0.999. The van der Waals surface area contributed by atoms with Gasteiger partial charge < -0.3 is 20.3 Å². The molecular weight excluding hydrogens is 386 g/mol. The minimum Gasteiger partial charge on any atom is -0.452 e. The van der Waals surface area contributed by atoms with Crippen LogP contribution in [0.3, 0.4) is 0 Å². The van der Waals surface area contributed by atoms with E-state index in [1.807, 2.05) is 0 Å². The fraction of sp³-hybridized carbons (Fsp3) is 0.444. The molecule has 2 rings (SSSR count). The highest BCUT2D eigenvalue weighted by molar-refractivity contribution is 8.23. The van der Waals surface area contributed by atoms with E-state index in [0.29, 0.717) is 15.7 Å². The molecule has 7 nitrogen and oxygen atoms in total. The summed E-state index contributed by atoms with van der Waals surface area (Å²) in [6, 6.07) is 6.65. The molecule has 27 heavy (non-hydrogen) atoms. The van der Waals surface area contributed by atoms with Crippen LogP contribution >= 0.6 is 24.0 Å². The number of thioether (sulfide) groups is 1. The zero-order chi connectivity index (χ0) is 19.8. The number of benzene rings is 1. The lowest BCUT2D eigenvalue weighted by molar-refractivity contribution is -0.150. The number of thiocarbonyl (C=S) groups is 1. The highest BCUT2D eigenvalue weighted by Crippen LogP contribution is 2.17. The summed E-state index contributed by atoms with van der Waals surface area (Å²) in [5, 5.41) is 5.31. The van der Waals surface area contributed by atoms with E-state index in [4.69, 9.17) is 17.0 Å². The van der Waals surface area contributed by atoms with Crippen LogP contribution in [0.4, 0.5) is 11.4 Å². The first-order chi connectivity index (χ1) is 12.8. The number of hydrogen-bond acceptors (Lipinski definition) is 6. The van der Waals surface area contributed by atoms with E-state index in [9.17, 15) is 14.4 Å². The Morgan fingerprint density at radius 2 is 1.70 bits per heavy atom. The molecule has 2 amide bonds. The molecule has 1 atom stereocenters. The van der Waals surface area contributed by atoms with Gasteiger partial charge in [0.2, 0.25) is 5.91 Å². The van der Waals surface area contributed by atoms with Gasteiger partial charge in [-0.15, -0.1) is 0 Å². The predicted octanol–water partition coefficient (Wildman–Crippen LogP) is 2.63. The SMILES string of the molecule is CC(=O)Nc1ccc(NC(=O)[C@@H](C)OC(=O)CSC(=S)N2CCCC2)cc1. The lowest BCUT2D eigenvalue weighted by atomic mass is 10.2. The van der Waals surface area contributed by atoms with Crippen LogP contribution in [0.1, 0.15) is 26.7 Å². The number of rotatable bonds is 6. The fourth-order valence-electron chi connectivity index (χ4n) is 2.48. The highest BCUT2D eigenvalue weighted by Gasteiger charge is 2.20. The quantitative estimate of drug-likeness (QED) is 0.552. The number of esters is 1. The topological polar surface area (TPSA) is 87.7 Å².